The van der Waals surface area contributed by atoms with Crippen LogP contribution in [0, 0.1) is 0 Å². The van der Waals surface area contributed by atoms with Gasteiger partial charge in [0, 0.05) is 18.8 Å². The molecule has 0 spiro atoms. The number of methoxy groups -OCH3 is 1. The van der Waals surface area contributed by atoms with Crippen LogP contribution >= 0.6 is 0 Å². The van der Waals surface area contributed by atoms with Gasteiger partial charge in [0.15, 0.2) is 11.5 Å². The highest BCUT2D eigenvalue weighted by Crippen LogP contribution is 2.32. The largest absolute Gasteiger partial charge is 0.493 e. The van der Waals surface area contributed by atoms with Gasteiger partial charge in [-0.15, -0.1) is 0 Å². The van der Waals surface area contributed by atoms with Crippen molar-refractivity contribution in [3.05, 3.63) is 41.7 Å². The molecule has 0 radical (unpaired) electrons. The summed E-state index contributed by atoms with van der Waals surface area (Å²) >= 11 is 0. The Hall–Kier alpha value is -2.50. The number of hydrogen-bond acceptors (Lipinski definition) is 5. The van der Waals surface area contributed by atoms with E-state index in [9.17, 15) is 4.79 Å². The molecule has 0 saturated heterocycles. The van der Waals surface area contributed by atoms with Crippen molar-refractivity contribution < 1.29 is 19.0 Å². The van der Waals surface area contributed by atoms with Crippen LogP contribution in [0.2, 0.25) is 0 Å². The van der Waals surface area contributed by atoms with E-state index in [-0.39, 0.29) is 11.9 Å². The Bertz CT molecular complexity index is 681. The Balaban J connectivity index is 2.09. The number of carbonyl (C=O) groups excluding carboxylic acids is 1. The monoisotopic (exact) mass is 332 g/mol. The number of ether oxygens (including phenoxy) is 3. The average molecular weight is 332 g/mol. The third-order valence-electron chi connectivity index (χ3n) is 3.69. The van der Waals surface area contributed by atoms with Crippen molar-refractivity contribution in [1.82, 2.24) is 9.78 Å². The molecule has 2 rings (SSSR count). The summed E-state index contributed by atoms with van der Waals surface area (Å²) in [4.78, 5) is 11.7. The maximum atomic E-state index is 11.7. The van der Waals surface area contributed by atoms with E-state index in [4.69, 9.17) is 14.2 Å². The fourth-order valence-electron chi connectivity index (χ4n) is 2.41. The fraction of sp³-hybridized carbons (Fsp3) is 0.444. The maximum absolute atomic E-state index is 11.7. The minimum Gasteiger partial charge on any atom is -0.493 e. The summed E-state index contributed by atoms with van der Waals surface area (Å²) in [5.74, 6) is 1.15. The lowest BCUT2D eigenvalue weighted by molar-refractivity contribution is -0.143. The SMILES string of the molecule is CCOC(=O)CC(C)c1ccc(OC)c(OCc2cnn(C)c2)c1. The van der Waals surface area contributed by atoms with Gasteiger partial charge in [-0.3, -0.25) is 9.48 Å². The summed E-state index contributed by atoms with van der Waals surface area (Å²) in [7, 11) is 3.47. The minimum atomic E-state index is -0.196. The summed E-state index contributed by atoms with van der Waals surface area (Å²) in [6.07, 6.45) is 4.00. The van der Waals surface area contributed by atoms with Crippen LogP contribution in [0.25, 0.3) is 0 Å². The maximum Gasteiger partial charge on any atom is 0.306 e. The Labute approximate surface area is 142 Å². The number of aromatic nitrogens is 2. The van der Waals surface area contributed by atoms with E-state index in [1.165, 1.54) is 0 Å². The average Bonchev–Trinajstić information content (AvgIpc) is 2.98. The molecule has 0 amide bonds. The van der Waals surface area contributed by atoms with Crippen molar-refractivity contribution in [2.45, 2.75) is 32.8 Å². The molecular weight excluding hydrogens is 308 g/mol. The second kappa shape index (κ2) is 8.38. The van der Waals surface area contributed by atoms with E-state index in [0.717, 1.165) is 11.1 Å². The lowest BCUT2D eigenvalue weighted by atomic mass is 9.97. The molecule has 0 aliphatic heterocycles. The molecule has 1 aromatic carbocycles. The van der Waals surface area contributed by atoms with Gasteiger partial charge in [-0.05, 0) is 30.5 Å². The molecule has 24 heavy (non-hydrogen) atoms. The van der Waals surface area contributed by atoms with Gasteiger partial charge in [0.1, 0.15) is 6.61 Å². The van der Waals surface area contributed by atoms with Crippen LogP contribution in [-0.4, -0.2) is 29.5 Å². The lowest BCUT2D eigenvalue weighted by Crippen LogP contribution is -2.08. The molecule has 0 saturated carbocycles. The molecule has 1 unspecified atom stereocenters. The van der Waals surface area contributed by atoms with Crippen molar-refractivity contribution in [3.63, 3.8) is 0 Å². The third kappa shape index (κ3) is 4.75. The van der Waals surface area contributed by atoms with Crippen LogP contribution in [0.15, 0.2) is 30.6 Å². The predicted molar refractivity (Wildman–Crippen MR) is 90.2 cm³/mol. The zero-order chi connectivity index (χ0) is 17.5. The fourth-order valence-corrected chi connectivity index (χ4v) is 2.41. The highest BCUT2D eigenvalue weighted by Gasteiger charge is 2.15. The quantitative estimate of drug-likeness (QED) is 0.695. The molecule has 0 aliphatic rings. The molecule has 0 aliphatic carbocycles. The number of rotatable bonds is 8. The standard InChI is InChI=1S/C18H24N2O4/c1-5-23-18(21)8-13(2)15-6-7-16(22-4)17(9-15)24-12-14-10-19-20(3)11-14/h6-7,9-11,13H,5,8,12H2,1-4H3. The topological polar surface area (TPSA) is 62.6 Å². The highest BCUT2D eigenvalue weighted by molar-refractivity contribution is 5.70. The Morgan fingerprint density at radius 1 is 1.33 bits per heavy atom. The van der Waals surface area contributed by atoms with Crippen LogP contribution < -0.4 is 9.47 Å². The second-order valence-corrected chi connectivity index (χ2v) is 5.63. The Morgan fingerprint density at radius 3 is 2.75 bits per heavy atom. The molecule has 130 valence electrons. The number of hydrogen-bond donors (Lipinski definition) is 0. The molecule has 0 bridgehead atoms. The zero-order valence-corrected chi connectivity index (χ0v) is 14.6. The first-order chi connectivity index (χ1) is 11.5. The summed E-state index contributed by atoms with van der Waals surface area (Å²) < 4.78 is 18.0. The van der Waals surface area contributed by atoms with E-state index in [1.807, 2.05) is 38.4 Å². The van der Waals surface area contributed by atoms with Crippen molar-refractivity contribution >= 4 is 5.97 Å². The van der Waals surface area contributed by atoms with Crippen LogP contribution in [0.4, 0.5) is 0 Å². The Kier molecular flexibility index (Phi) is 6.23. The highest BCUT2D eigenvalue weighted by atomic mass is 16.5. The first-order valence-corrected chi connectivity index (χ1v) is 7.97. The van der Waals surface area contributed by atoms with E-state index in [0.29, 0.717) is 31.1 Å². The van der Waals surface area contributed by atoms with Gasteiger partial charge in [-0.1, -0.05) is 13.0 Å². The first kappa shape index (κ1) is 17.8. The van der Waals surface area contributed by atoms with Crippen molar-refractivity contribution in [2.24, 2.45) is 7.05 Å². The first-order valence-electron chi connectivity index (χ1n) is 7.97. The van der Waals surface area contributed by atoms with Gasteiger partial charge in [0.05, 0.1) is 26.3 Å². The Morgan fingerprint density at radius 2 is 2.12 bits per heavy atom. The van der Waals surface area contributed by atoms with Crippen LogP contribution in [0.3, 0.4) is 0 Å². The van der Waals surface area contributed by atoms with Gasteiger partial charge >= 0.3 is 5.97 Å². The van der Waals surface area contributed by atoms with Crippen molar-refractivity contribution in [3.8, 4) is 11.5 Å². The smallest absolute Gasteiger partial charge is 0.306 e. The number of nitrogens with zero attached hydrogens (tertiary/aromatic N) is 2. The molecule has 6 heteroatoms. The van der Waals surface area contributed by atoms with Gasteiger partial charge in [0.25, 0.3) is 0 Å². The van der Waals surface area contributed by atoms with E-state index in [2.05, 4.69) is 5.10 Å². The molecule has 1 atom stereocenters. The summed E-state index contributed by atoms with van der Waals surface area (Å²) in [6.45, 7) is 4.59. The van der Waals surface area contributed by atoms with E-state index >= 15 is 0 Å². The zero-order valence-electron chi connectivity index (χ0n) is 14.6. The number of benzene rings is 1. The molecular formula is C18H24N2O4. The van der Waals surface area contributed by atoms with Crippen LogP contribution in [0.1, 0.15) is 37.3 Å². The van der Waals surface area contributed by atoms with Gasteiger partial charge in [-0.25, -0.2) is 0 Å². The van der Waals surface area contributed by atoms with E-state index in [1.54, 1.807) is 24.9 Å². The van der Waals surface area contributed by atoms with Crippen LogP contribution in [0.5, 0.6) is 11.5 Å². The number of esters is 1. The summed E-state index contributed by atoms with van der Waals surface area (Å²) in [5, 5.41) is 4.12. The lowest BCUT2D eigenvalue weighted by Gasteiger charge is -2.15. The summed E-state index contributed by atoms with van der Waals surface area (Å²) in [5.41, 5.74) is 1.98. The third-order valence-corrected chi connectivity index (χ3v) is 3.69. The number of aryl methyl sites for hydroxylation is 1. The molecule has 1 aromatic heterocycles. The van der Waals surface area contributed by atoms with Crippen molar-refractivity contribution in [2.75, 3.05) is 13.7 Å². The van der Waals surface area contributed by atoms with E-state index < -0.39 is 0 Å². The molecule has 2 aromatic rings. The van der Waals surface area contributed by atoms with Gasteiger partial charge < -0.3 is 14.2 Å². The summed E-state index contributed by atoms with van der Waals surface area (Å²) in [6, 6.07) is 5.72. The molecule has 0 fully saturated rings. The number of carbonyl (C=O) groups is 1. The normalized spacial score (nSPS) is 11.8. The molecule has 0 N–H and O–H groups in total. The van der Waals surface area contributed by atoms with Gasteiger partial charge in [-0.2, -0.15) is 5.10 Å². The second-order valence-electron chi connectivity index (χ2n) is 5.63. The van der Waals surface area contributed by atoms with Crippen molar-refractivity contribution in [1.29, 1.82) is 0 Å². The van der Waals surface area contributed by atoms with Crippen LogP contribution in [-0.2, 0) is 23.2 Å². The molecule has 6 nitrogen and oxygen atoms in total. The molecule has 1 heterocycles. The minimum absolute atomic E-state index is 0.0377. The predicted octanol–water partition coefficient (Wildman–Crippen LogP) is 3.06. The van der Waals surface area contributed by atoms with Gasteiger partial charge in [0.2, 0.25) is 0 Å².